The smallest absolute Gasteiger partial charge is 0.155 e. The lowest BCUT2D eigenvalue weighted by Gasteiger charge is -2.28. The molecule has 0 amide bonds. The summed E-state index contributed by atoms with van der Waals surface area (Å²) in [4.78, 5) is 15.4. The van der Waals surface area contributed by atoms with Crippen LogP contribution in [0.2, 0.25) is 5.02 Å². The molecule has 15 heavy (non-hydrogen) atoms. The van der Waals surface area contributed by atoms with Crippen LogP contribution in [-0.4, -0.2) is 10.8 Å². The topological polar surface area (TPSA) is 30.0 Å². The van der Waals surface area contributed by atoms with Gasteiger partial charge in [0.15, 0.2) is 5.78 Å². The third-order valence-electron chi connectivity index (χ3n) is 2.83. The predicted octanol–water partition coefficient (Wildman–Crippen LogP) is 2.91. The Labute approximate surface area is 94.0 Å². The van der Waals surface area contributed by atoms with Crippen LogP contribution in [0.15, 0.2) is 30.5 Å². The molecule has 0 N–H and O–H groups in total. The van der Waals surface area contributed by atoms with Crippen molar-refractivity contribution >= 4 is 17.4 Å². The van der Waals surface area contributed by atoms with Gasteiger partial charge in [-0.3, -0.25) is 9.78 Å². The van der Waals surface area contributed by atoms with Gasteiger partial charge in [0.2, 0.25) is 0 Å². The second kappa shape index (κ2) is 3.78. The second-order valence-electron chi connectivity index (χ2n) is 4.05. The van der Waals surface area contributed by atoms with Crippen LogP contribution < -0.4 is 0 Å². The largest absolute Gasteiger partial charge is 0.295 e. The Kier molecular flexibility index (Phi) is 2.61. The molecule has 2 nitrogen and oxygen atoms in total. The number of aromatic nitrogens is 1. The van der Waals surface area contributed by atoms with Gasteiger partial charge < -0.3 is 0 Å². The van der Waals surface area contributed by atoms with Gasteiger partial charge in [-0.15, -0.1) is 0 Å². The molecule has 0 spiro atoms. The third kappa shape index (κ3) is 1.95. The molecule has 0 fully saturated rings. The first-order chi connectivity index (χ1) is 7.12. The SMILES string of the molecule is CC1(c2ncccc2Cl)C=CC(=O)CC1. The monoisotopic (exact) mass is 221 g/mol. The first-order valence-corrected chi connectivity index (χ1v) is 5.33. The van der Waals surface area contributed by atoms with Crippen molar-refractivity contribution in [3.63, 3.8) is 0 Å². The number of hydrogen-bond acceptors (Lipinski definition) is 2. The normalized spacial score (nSPS) is 25.6. The van der Waals surface area contributed by atoms with Gasteiger partial charge in [0, 0.05) is 18.0 Å². The quantitative estimate of drug-likeness (QED) is 0.730. The van der Waals surface area contributed by atoms with E-state index in [0.29, 0.717) is 11.4 Å². The van der Waals surface area contributed by atoms with E-state index in [2.05, 4.69) is 11.9 Å². The highest BCUT2D eigenvalue weighted by molar-refractivity contribution is 6.31. The number of halogens is 1. The van der Waals surface area contributed by atoms with E-state index in [0.717, 1.165) is 12.1 Å². The van der Waals surface area contributed by atoms with E-state index in [1.54, 1.807) is 12.3 Å². The molecule has 0 bridgehead atoms. The summed E-state index contributed by atoms with van der Waals surface area (Å²) in [5, 5.41) is 0.666. The van der Waals surface area contributed by atoms with Crippen LogP contribution >= 0.6 is 11.6 Å². The molecule has 1 atom stereocenters. The van der Waals surface area contributed by atoms with Crippen molar-refractivity contribution < 1.29 is 4.79 Å². The van der Waals surface area contributed by atoms with Crippen LogP contribution in [0.1, 0.15) is 25.5 Å². The molecule has 2 rings (SSSR count). The Morgan fingerprint density at radius 3 is 2.93 bits per heavy atom. The minimum absolute atomic E-state index is 0.180. The molecule has 1 unspecified atom stereocenters. The van der Waals surface area contributed by atoms with Gasteiger partial charge in [-0.25, -0.2) is 0 Å². The van der Waals surface area contributed by atoms with Gasteiger partial charge in [0.1, 0.15) is 0 Å². The molecule has 78 valence electrons. The lowest BCUT2D eigenvalue weighted by Crippen LogP contribution is -2.25. The van der Waals surface area contributed by atoms with Crippen LogP contribution in [0.5, 0.6) is 0 Å². The average Bonchev–Trinajstić information content (AvgIpc) is 2.23. The fourth-order valence-corrected chi connectivity index (χ4v) is 2.17. The number of carbonyl (C=O) groups is 1. The van der Waals surface area contributed by atoms with Crippen molar-refractivity contribution in [1.29, 1.82) is 0 Å². The van der Waals surface area contributed by atoms with Crippen molar-refractivity contribution in [2.24, 2.45) is 0 Å². The zero-order chi connectivity index (χ0) is 10.9. The molecule has 3 heteroatoms. The Balaban J connectivity index is 2.42. The van der Waals surface area contributed by atoms with Crippen molar-refractivity contribution in [1.82, 2.24) is 4.98 Å². The lowest BCUT2D eigenvalue weighted by molar-refractivity contribution is -0.115. The zero-order valence-electron chi connectivity index (χ0n) is 8.53. The van der Waals surface area contributed by atoms with Gasteiger partial charge >= 0.3 is 0 Å². The molecule has 1 aliphatic rings. The van der Waals surface area contributed by atoms with E-state index in [1.165, 1.54) is 0 Å². The van der Waals surface area contributed by atoms with Gasteiger partial charge in [-0.2, -0.15) is 0 Å². The van der Waals surface area contributed by atoms with Crippen molar-refractivity contribution in [2.75, 3.05) is 0 Å². The highest BCUT2D eigenvalue weighted by Crippen LogP contribution is 2.35. The van der Waals surface area contributed by atoms with Crippen molar-refractivity contribution in [2.45, 2.75) is 25.2 Å². The molecule has 1 aromatic rings. The number of carbonyl (C=O) groups excluding carboxylic acids is 1. The van der Waals surface area contributed by atoms with E-state index in [1.807, 2.05) is 18.2 Å². The van der Waals surface area contributed by atoms with Gasteiger partial charge in [-0.1, -0.05) is 24.6 Å². The first kappa shape index (κ1) is 10.4. The molecule has 0 saturated heterocycles. The summed E-state index contributed by atoms with van der Waals surface area (Å²) in [6.45, 7) is 2.06. The minimum atomic E-state index is -0.202. The highest BCUT2D eigenvalue weighted by Gasteiger charge is 2.30. The fourth-order valence-electron chi connectivity index (χ4n) is 1.83. The first-order valence-electron chi connectivity index (χ1n) is 4.95. The van der Waals surface area contributed by atoms with E-state index in [4.69, 9.17) is 11.6 Å². The third-order valence-corrected chi connectivity index (χ3v) is 3.13. The fraction of sp³-hybridized carbons (Fsp3) is 0.333. The molecule has 1 heterocycles. The van der Waals surface area contributed by atoms with Crippen LogP contribution in [0.25, 0.3) is 0 Å². The molecule has 0 aliphatic heterocycles. The summed E-state index contributed by atoms with van der Waals surface area (Å²) in [6.07, 6.45) is 6.62. The zero-order valence-corrected chi connectivity index (χ0v) is 9.29. The van der Waals surface area contributed by atoms with Crippen molar-refractivity contribution in [3.8, 4) is 0 Å². The van der Waals surface area contributed by atoms with E-state index < -0.39 is 0 Å². The summed E-state index contributed by atoms with van der Waals surface area (Å²) in [5.41, 5.74) is 0.655. The van der Waals surface area contributed by atoms with Crippen LogP contribution in [0.3, 0.4) is 0 Å². The van der Waals surface area contributed by atoms with Crippen LogP contribution in [-0.2, 0) is 10.2 Å². The molecule has 1 aliphatic carbocycles. The minimum Gasteiger partial charge on any atom is -0.295 e. The van der Waals surface area contributed by atoms with E-state index in [-0.39, 0.29) is 11.2 Å². The number of hydrogen-bond donors (Lipinski definition) is 0. The summed E-state index contributed by atoms with van der Waals surface area (Å²) in [5.74, 6) is 0.180. The Morgan fingerprint density at radius 1 is 1.53 bits per heavy atom. The number of ketones is 1. The Bertz CT molecular complexity index is 427. The maximum Gasteiger partial charge on any atom is 0.155 e. The summed E-state index contributed by atoms with van der Waals surface area (Å²) >= 11 is 6.10. The summed E-state index contributed by atoms with van der Waals surface area (Å²) in [6, 6.07) is 3.65. The molecule has 0 radical (unpaired) electrons. The molecule has 0 saturated carbocycles. The van der Waals surface area contributed by atoms with Gasteiger partial charge in [0.25, 0.3) is 0 Å². The second-order valence-corrected chi connectivity index (χ2v) is 4.46. The molecule has 1 aromatic heterocycles. The molecular formula is C12H12ClNO. The Morgan fingerprint density at radius 2 is 2.33 bits per heavy atom. The molecule has 0 aromatic carbocycles. The average molecular weight is 222 g/mol. The summed E-state index contributed by atoms with van der Waals surface area (Å²) < 4.78 is 0. The van der Waals surface area contributed by atoms with Gasteiger partial charge in [-0.05, 0) is 24.6 Å². The predicted molar refractivity (Wildman–Crippen MR) is 60.0 cm³/mol. The lowest BCUT2D eigenvalue weighted by atomic mass is 9.77. The summed E-state index contributed by atoms with van der Waals surface area (Å²) in [7, 11) is 0. The van der Waals surface area contributed by atoms with Crippen molar-refractivity contribution in [3.05, 3.63) is 41.2 Å². The maximum absolute atomic E-state index is 11.1. The molecular weight excluding hydrogens is 210 g/mol. The number of allylic oxidation sites excluding steroid dienone is 2. The number of rotatable bonds is 1. The highest BCUT2D eigenvalue weighted by atomic mass is 35.5. The van der Waals surface area contributed by atoms with Gasteiger partial charge in [0.05, 0.1) is 10.7 Å². The standard InChI is InChI=1S/C12H12ClNO/c1-12(6-4-9(15)5-7-12)11-10(13)3-2-8-14-11/h2-4,6,8H,5,7H2,1H3. The maximum atomic E-state index is 11.1. The number of nitrogens with zero attached hydrogens (tertiary/aromatic N) is 1. The van der Waals surface area contributed by atoms with Crippen LogP contribution in [0.4, 0.5) is 0 Å². The Hall–Kier alpha value is -1.15. The van der Waals surface area contributed by atoms with Crippen LogP contribution in [0, 0.1) is 0 Å². The number of pyridine rings is 1. The van der Waals surface area contributed by atoms with E-state index in [9.17, 15) is 4.79 Å². The van der Waals surface area contributed by atoms with E-state index >= 15 is 0 Å².